The van der Waals surface area contributed by atoms with Crippen LogP contribution in [-0.4, -0.2) is 20.9 Å². The Labute approximate surface area is 205 Å². The zero-order valence-electron chi connectivity index (χ0n) is 18.9. The zero-order valence-corrected chi connectivity index (χ0v) is 21.2. The normalized spacial score (nSPS) is 12.3. The molecule has 0 aromatic heterocycles. The molecule has 3 rings (SSSR count). The Hall–Kier alpha value is -2.54. The first-order valence-corrected chi connectivity index (χ1v) is 12.6. The van der Waals surface area contributed by atoms with Crippen molar-refractivity contribution in [2.45, 2.75) is 38.6 Å². The lowest BCUT2D eigenvalue weighted by Gasteiger charge is -2.26. The number of carbonyl (C=O) groups is 1. The van der Waals surface area contributed by atoms with Crippen LogP contribution in [0.2, 0.25) is 10.0 Å². The average Bonchev–Trinajstić information content (AvgIpc) is 2.77. The van der Waals surface area contributed by atoms with E-state index in [9.17, 15) is 13.2 Å². The summed E-state index contributed by atoms with van der Waals surface area (Å²) in [6.07, 6.45) is 0. The van der Waals surface area contributed by atoms with Gasteiger partial charge in [0.1, 0.15) is 6.54 Å². The van der Waals surface area contributed by atoms with Crippen LogP contribution in [0.4, 0.5) is 5.69 Å². The number of carbonyl (C=O) groups excluding carboxylic acids is 1. The van der Waals surface area contributed by atoms with E-state index in [4.69, 9.17) is 23.2 Å². The summed E-state index contributed by atoms with van der Waals surface area (Å²) >= 11 is 12.2. The standard InChI is InChI=1S/C25H26Cl2N2O3S/c1-16-12-18(3)22(13-17(16)2)19(4)28-25(30)15-29(20-10-11-23(26)24(27)14-20)33(31,32)21-8-6-5-7-9-21/h5-14,19H,15H2,1-4H3,(H,28,30)/t19-/m1/s1. The summed E-state index contributed by atoms with van der Waals surface area (Å²) in [5.74, 6) is -0.439. The summed E-state index contributed by atoms with van der Waals surface area (Å²) in [6, 6.07) is 16.3. The molecule has 0 unspecified atom stereocenters. The summed E-state index contributed by atoms with van der Waals surface area (Å²) in [6.45, 7) is 7.52. The van der Waals surface area contributed by atoms with Crippen molar-refractivity contribution in [3.63, 3.8) is 0 Å². The van der Waals surface area contributed by atoms with Gasteiger partial charge in [0.2, 0.25) is 5.91 Å². The number of anilines is 1. The molecule has 5 nitrogen and oxygen atoms in total. The maximum Gasteiger partial charge on any atom is 0.264 e. The van der Waals surface area contributed by atoms with Crippen molar-refractivity contribution in [3.05, 3.63) is 93.0 Å². The number of hydrogen-bond donors (Lipinski definition) is 1. The van der Waals surface area contributed by atoms with E-state index in [2.05, 4.69) is 11.4 Å². The molecule has 3 aromatic carbocycles. The lowest BCUT2D eigenvalue weighted by atomic mass is 9.96. The van der Waals surface area contributed by atoms with Crippen LogP contribution in [0.25, 0.3) is 0 Å². The fraction of sp³-hybridized carbons (Fsp3) is 0.240. The lowest BCUT2D eigenvalue weighted by molar-refractivity contribution is -0.120. The van der Waals surface area contributed by atoms with E-state index < -0.39 is 22.5 Å². The first-order chi connectivity index (χ1) is 15.5. The van der Waals surface area contributed by atoms with Gasteiger partial charge in [0, 0.05) is 0 Å². The van der Waals surface area contributed by atoms with E-state index >= 15 is 0 Å². The van der Waals surface area contributed by atoms with Gasteiger partial charge in [-0.05, 0) is 80.3 Å². The number of rotatable bonds is 7. The molecule has 1 N–H and O–H groups in total. The molecule has 0 saturated heterocycles. The van der Waals surface area contributed by atoms with Gasteiger partial charge in [-0.25, -0.2) is 8.42 Å². The Balaban J connectivity index is 1.92. The molecular formula is C25H26Cl2N2O3S. The topological polar surface area (TPSA) is 66.5 Å². The smallest absolute Gasteiger partial charge is 0.264 e. The number of hydrogen-bond acceptors (Lipinski definition) is 3. The molecule has 0 bridgehead atoms. The Bertz CT molecular complexity index is 1280. The van der Waals surface area contributed by atoms with Crippen LogP contribution in [0, 0.1) is 20.8 Å². The Morgan fingerprint density at radius 3 is 2.18 bits per heavy atom. The highest BCUT2D eigenvalue weighted by Gasteiger charge is 2.28. The third-order valence-corrected chi connectivity index (χ3v) is 8.06. The summed E-state index contributed by atoms with van der Waals surface area (Å²) in [5.41, 5.74) is 4.59. The van der Waals surface area contributed by atoms with Gasteiger partial charge in [0.25, 0.3) is 10.0 Å². The molecule has 174 valence electrons. The van der Waals surface area contributed by atoms with E-state index in [-0.39, 0.29) is 21.6 Å². The first kappa shape index (κ1) is 25.1. The molecule has 0 spiro atoms. The number of nitrogens with one attached hydrogen (secondary N) is 1. The highest BCUT2D eigenvalue weighted by atomic mass is 35.5. The third-order valence-electron chi connectivity index (χ3n) is 5.54. The molecule has 0 radical (unpaired) electrons. The van der Waals surface area contributed by atoms with Crippen LogP contribution in [0.15, 0.2) is 65.6 Å². The largest absolute Gasteiger partial charge is 0.348 e. The molecule has 0 fully saturated rings. The summed E-state index contributed by atoms with van der Waals surface area (Å²) in [4.78, 5) is 13.1. The van der Waals surface area contributed by atoms with E-state index in [0.717, 1.165) is 21.0 Å². The second-order valence-electron chi connectivity index (χ2n) is 8.01. The van der Waals surface area contributed by atoms with Crippen molar-refractivity contribution >= 4 is 44.8 Å². The third kappa shape index (κ3) is 5.69. The maximum atomic E-state index is 13.4. The molecule has 1 atom stereocenters. The van der Waals surface area contributed by atoms with Gasteiger partial charge in [-0.1, -0.05) is 53.5 Å². The molecule has 33 heavy (non-hydrogen) atoms. The summed E-state index contributed by atoms with van der Waals surface area (Å²) in [5, 5.41) is 3.42. The van der Waals surface area contributed by atoms with Gasteiger partial charge < -0.3 is 5.32 Å². The maximum absolute atomic E-state index is 13.4. The number of benzene rings is 3. The van der Waals surface area contributed by atoms with Crippen molar-refractivity contribution in [2.75, 3.05) is 10.8 Å². The average molecular weight is 505 g/mol. The van der Waals surface area contributed by atoms with Crippen molar-refractivity contribution in [3.8, 4) is 0 Å². The summed E-state index contributed by atoms with van der Waals surface area (Å²) < 4.78 is 27.9. The molecule has 1 amide bonds. The number of nitrogens with zero attached hydrogens (tertiary/aromatic N) is 1. The summed E-state index contributed by atoms with van der Waals surface area (Å²) in [7, 11) is -4.03. The highest BCUT2D eigenvalue weighted by Crippen LogP contribution is 2.30. The predicted molar refractivity (Wildman–Crippen MR) is 135 cm³/mol. The lowest BCUT2D eigenvalue weighted by Crippen LogP contribution is -2.41. The van der Waals surface area contributed by atoms with Gasteiger partial charge in [-0.15, -0.1) is 0 Å². The molecule has 8 heteroatoms. The van der Waals surface area contributed by atoms with Gasteiger partial charge in [0.15, 0.2) is 0 Å². The predicted octanol–water partition coefficient (Wildman–Crippen LogP) is 5.99. The second kappa shape index (κ2) is 10.2. The number of sulfonamides is 1. The molecular weight excluding hydrogens is 479 g/mol. The van der Waals surface area contributed by atoms with Crippen molar-refractivity contribution in [1.29, 1.82) is 0 Å². The van der Waals surface area contributed by atoms with E-state index in [1.165, 1.54) is 35.9 Å². The molecule has 0 aliphatic heterocycles. The number of aryl methyl sites for hydroxylation is 3. The molecule has 0 heterocycles. The van der Waals surface area contributed by atoms with Gasteiger partial charge >= 0.3 is 0 Å². The van der Waals surface area contributed by atoms with Crippen LogP contribution in [0.5, 0.6) is 0 Å². The van der Waals surface area contributed by atoms with Crippen molar-refractivity contribution in [2.24, 2.45) is 0 Å². The monoisotopic (exact) mass is 504 g/mol. The van der Waals surface area contributed by atoms with Crippen LogP contribution in [-0.2, 0) is 14.8 Å². The van der Waals surface area contributed by atoms with Gasteiger partial charge in [-0.2, -0.15) is 0 Å². The minimum absolute atomic E-state index is 0.0712. The molecule has 3 aromatic rings. The second-order valence-corrected chi connectivity index (χ2v) is 10.7. The van der Waals surface area contributed by atoms with Gasteiger partial charge in [-0.3, -0.25) is 9.10 Å². The van der Waals surface area contributed by atoms with Crippen LogP contribution in [0.1, 0.15) is 35.2 Å². The molecule has 0 saturated carbocycles. The van der Waals surface area contributed by atoms with E-state index in [0.29, 0.717) is 5.02 Å². The quantitative estimate of drug-likeness (QED) is 0.429. The fourth-order valence-electron chi connectivity index (χ4n) is 3.62. The first-order valence-electron chi connectivity index (χ1n) is 10.4. The Morgan fingerprint density at radius 1 is 0.909 bits per heavy atom. The minimum Gasteiger partial charge on any atom is -0.348 e. The van der Waals surface area contributed by atoms with Crippen molar-refractivity contribution < 1.29 is 13.2 Å². The Morgan fingerprint density at radius 2 is 1.55 bits per heavy atom. The van der Waals surface area contributed by atoms with Crippen LogP contribution < -0.4 is 9.62 Å². The van der Waals surface area contributed by atoms with E-state index in [1.54, 1.807) is 18.2 Å². The van der Waals surface area contributed by atoms with Crippen LogP contribution in [0.3, 0.4) is 0 Å². The van der Waals surface area contributed by atoms with E-state index in [1.807, 2.05) is 33.8 Å². The SMILES string of the molecule is Cc1cc(C)c([C@@H](C)NC(=O)CN(c2ccc(Cl)c(Cl)c2)S(=O)(=O)c2ccccc2)cc1C. The number of halogens is 2. The zero-order chi connectivity index (χ0) is 24.3. The van der Waals surface area contributed by atoms with Gasteiger partial charge in [0.05, 0.1) is 26.7 Å². The molecule has 0 aliphatic rings. The molecule has 0 aliphatic carbocycles. The Kier molecular flexibility index (Phi) is 7.73. The fourth-order valence-corrected chi connectivity index (χ4v) is 5.35. The van der Waals surface area contributed by atoms with Crippen LogP contribution >= 0.6 is 23.2 Å². The number of amides is 1. The van der Waals surface area contributed by atoms with Crippen molar-refractivity contribution in [1.82, 2.24) is 5.32 Å². The minimum atomic E-state index is -4.03. The highest BCUT2D eigenvalue weighted by molar-refractivity contribution is 7.92.